The molecule has 2 heterocycles. The molecule has 1 unspecified atom stereocenters. The van der Waals surface area contributed by atoms with Gasteiger partial charge in [-0.15, -0.1) is 0 Å². The summed E-state index contributed by atoms with van der Waals surface area (Å²) in [7, 11) is 1.95. The number of nitrogens with zero attached hydrogens (tertiary/aromatic N) is 2. The van der Waals surface area contributed by atoms with Gasteiger partial charge >= 0.3 is 0 Å². The minimum Gasteiger partial charge on any atom is -0.378 e. The molecule has 13 heavy (non-hydrogen) atoms. The minimum absolute atomic E-state index is 0.429. The first-order valence-electron chi connectivity index (χ1n) is 4.94. The maximum absolute atomic E-state index is 5.65. The SMILES string of the molecule is Cn1cc(CC2CCCCO2)cn1. The average molecular weight is 180 g/mol. The zero-order chi connectivity index (χ0) is 9.10. The molecule has 1 aromatic heterocycles. The van der Waals surface area contributed by atoms with E-state index < -0.39 is 0 Å². The highest BCUT2D eigenvalue weighted by atomic mass is 16.5. The molecule has 2 rings (SSSR count). The molecular formula is C10H16N2O. The Hall–Kier alpha value is -0.830. The van der Waals surface area contributed by atoms with E-state index in [0.717, 1.165) is 13.0 Å². The van der Waals surface area contributed by atoms with E-state index in [9.17, 15) is 0 Å². The Bertz CT molecular complexity index is 264. The van der Waals surface area contributed by atoms with Crippen LogP contribution in [0.15, 0.2) is 12.4 Å². The maximum Gasteiger partial charge on any atom is 0.0616 e. The topological polar surface area (TPSA) is 27.1 Å². The molecule has 0 aliphatic carbocycles. The maximum atomic E-state index is 5.65. The van der Waals surface area contributed by atoms with Crippen molar-refractivity contribution in [3.8, 4) is 0 Å². The zero-order valence-electron chi connectivity index (χ0n) is 8.07. The molecule has 1 atom stereocenters. The van der Waals surface area contributed by atoms with Crippen LogP contribution in [0.1, 0.15) is 24.8 Å². The Morgan fingerprint density at radius 2 is 2.54 bits per heavy atom. The van der Waals surface area contributed by atoms with Gasteiger partial charge in [0, 0.05) is 26.3 Å². The Balaban J connectivity index is 1.89. The smallest absolute Gasteiger partial charge is 0.0616 e. The molecule has 1 aliphatic rings. The van der Waals surface area contributed by atoms with Crippen LogP contribution in [0.2, 0.25) is 0 Å². The van der Waals surface area contributed by atoms with E-state index in [1.165, 1.54) is 24.8 Å². The second-order valence-electron chi connectivity index (χ2n) is 3.71. The van der Waals surface area contributed by atoms with Gasteiger partial charge in [-0.2, -0.15) is 5.10 Å². The first kappa shape index (κ1) is 8.75. The molecule has 0 spiro atoms. The van der Waals surface area contributed by atoms with Crippen molar-refractivity contribution in [3.05, 3.63) is 18.0 Å². The van der Waals surface area contributed by atoms with Gasteiger partial charge in [0.25, 0.3) is 0 Å². The largest absolute Gasteiger partial charge is 0.378 e. The van der Waals surface area contributed by atoms with Crippen LogP contribution >= 0.6 is 0 Å². The predicted molar refractivity (Wildman–Crippen MR) is 50.5 cm³/mol. The molecule has 0 aromatic carbocycles. The van der Waals surface area contributed by atoms with Gasteiger partial charge < -0.3 is 4.74 Å². The Labute approximate surface area is 78.7 Å². The quantitative estimate of drug-likeness (QED) is 0.690. The minimum atomic E-state index is 0.429. The van der Waals surface area contributed by atoms with Crippen molar-refractivity contribution in [2.45, 2.75) is 31.8 Å². The fraction of sp³-hybridized carbons (Fsp3) is 0.700. The first-order chi connectivity index (χ1) is 6.34. The van der Waals surface area contributed by atoms with Crippen LogP contribution < -0.4 is 0 Å². The van der Waals surface area contributed by atoms with E-state index >= 15 is 0 Å². The van der Waals surface area contributed by atoms with Crippen LogP contribution in [0.25, 0.3) is 0 Å². The lowest BCUT2D eigenvalue weighted by molar-refractivity contribution is 0.0168. The van der Waals surface area contributed by atoms with Crippen molar-refractivity contribution in [3.63, 3.8) is 0 Å². The van der Waals surface area contributed by atoms with E-state index in [4.69, 9.17) is 4.74 Å². The van der Waals surface area contributed by atoms with Crippen molar-refractivity contribution >= 4 is 0 Å². The molecule has 3 nitrogen and oxygen atoms in total. The number of hydrogen-bond donors (Lipinski definition) is 0. The van der Waals surface area contributed by atoms with Crippen LogP contribution in [0.3, 0.4) is 0 Å². The van der Waals surface area contributed by atoms with Crippen molar-refractivity contribution < 1.29 is 4.74 Å². The van der Waals surface area contributed by atoms with Gasteiger partial charge in [0.2, 0.25) is 0 Å². The summed E-state index contributed by atoms with van der Waals surface area (Å²) in [6.45, 7) is 0.935. The highest BCUT2D eigenvalue weighted by Crippen LogP contribution is 2.16. The Morgan fingerprint density at radius 3 is 3.15 bits per heavy atom. The van der Waals surface area contributed by atoms with Gasteiger partial charge in [-0.05, 0) is 24.8 Å². The fourth-order valence-electron chi connectivity index (χ4n) is 1.81. The number of aromatic nitrogens is 2. The second kappa shape index (κ2) is 3.92. The summed E-state index contributed by atoms with van der Waals surface area (Å²) in [4.78, 5) is 0. The first-order valence-corrected chi connectivity index (χ1v) is 4.94. The molecule has 72 valence electrons. The molecular weight excluding hydrogens is 164 g/mol. The van der Waals surface area contributed by atoms with Crippen molar-refractivity contribution in [2.24, 2.45) is 7.05 Å². The number of ether oxygens (including phenoxy) is 1. The monoisotopic (exact) mass is 180 g/mol. The summed E-state index contributed by atoms with van der Waals surface area (Å²) >= 11 is 0. The van der Waals surface area contributed by atoms with E-state index in [-0.39, 0.29) is 0 Å². The summed E-state index contributed by atoms with van der Waals surface area (Å²) in [6, 6.07) is 0. The number of hydrogen-bond acceptors (Lipinski definition) is 2. The van der Waals surface area contributed by atoms with Crippen LogP contribution in [-0.2, 0) is 18.2 Å². The predicted octanol–water partition coefficient (Wildman–Crippen LogP) is 1.53. The van der Waals surface area contributed by atoms with E-state index in [1.54, 1.807) is 0 Å². The van der Waals surface area contributed by atoms with Gasteiger partial charge in [0.15, 0.2) is 0 Å². The summed E-state index contributed by atoms with van der Waals surface area (Å²) < 4.78 is 7.50. The van der Waals surface area contributed by atoms with Gasteiger partial charge in [-0.1, -0.05) is 0 Å². The van der Waals surface area contributed by atoms with Crippen molar-refractivity contribution in [1.29, 1.82) is 0 Å². The van der Waals surface area contributed by atoms with Gasteiger partial charge in [-0.3, -0.25) is 4.68 Å². The van der Waals surface area contributed by atoms with Crippen molar-refractivity contribution in [2.75, 3.05) is 6.61 Å². The molecule has 0 saturated carbocycles. The summed E-state index contributed by atoms with van der Waals surface area (Å²) in [6.07, 6.45) is 9.19. The van der Waals surface area contributed by atoms with Gasteiger partial charge in [-0.25, -0.2) is 0 Å². The molecule has 0 radical (unpaired) electrons. The third-order valence-corrected chi connectivity index (χ3v) is 2.50. The molecule has 1 aliphatic heterocycles. The highest BCUT2D eigenvalue weighted by Gasteiger charge is 2.14. The molecule has 1 saturated heterocycles. The Morgan fingerprint density at radius 1 is 1.62 bits per heavy atom. The van der Waals surface area contributed by atoms with Crippen LogP contribution in [-0.4, -0.2) is 22.5 Å². The normalized spacial score (nSPS) is 23.3. The van der Waals surface area contributed by atoms with E-state index in [1.807, 2.05) is 17.9 Å². The molecule has 0 amide bonds. The lowest BCUT2D eigenvalue weighted by Crippen LogP contribution is -2.21. The van der Waals surface area contributed by atoms with Gasteiger partial charge in [0.1, 0.15) is 0 Å². The Kier molecular flexibility index (Phi) is 2.64. The summed E-state index contributed by atoms with van der Waals surface area (Å²) in [5.41, 5.74) is 1.29. The standard InChI is InChI=1S/C10H16N2O/c1-12-8-9(7-11-12)6-10-4-2-3-5-13-10/h7-8,10H,2-6H2,1H3. The highest BCUT2D eigenvalue weighted by molar-refractivity contribution is 5.05. The summed E-state index contributed by atoms with van der Waals surface area (Å²) in [5, 5.41) is 4.14. The molecule has 1 fully saturated rings. The second-order valence-corrected chi connectivity index (χ2v) is 3.71. The van der Waals surface area contributed by atoms with Crippen molar-refractivity contribution in [1.82, 2.24) is 9.78 Å². The van der Waals surface area contributed by atoms with E-state index in [0.29, 0.717) is 6.10 Å². The molecule has 0 bridgehead atoms. The fourth-order valence-corrected chi connectivity index (χ4v) is 1.81. The lowest BCUT2D eigenvalue weighted by atomic mass is 10.0. The lowest BCUT2D eigenvalue weighted by Gasteiger charge is -2.21. The molecule has 0 N–H and O–H groups in total. The van der Waals surface area contributed by atoms with E-state index in [2.05, 4.69) is 11.3 Å². The number of rotatable bonds is 2. The third-order valence-electron chi connectivity index (χ3n) is 2.50. The third kappa shape index (κ3) is 2.31. The number of aryl methyl sites for hydroxylation is 1. The average Bonchev–Trinajstić information content (AvgIpc) is 2.53. The van der Waals surface area contributed by atoms with Crippen LogP contribution in [0.4, 0.5) is 0 Å². The zero-order valence-corrected chi connectivity index (χ0v) is 8.07. The summed E-state index contributed by atoms with van der Waals surface area (Å²) in [5.74, 6) is 0. The van der Waals surface area contributed by atoms with Gasteiger partial charge in [0.05, 0.1) is 12.3 Å². The van der Waals surface area contributed by atoms with Crippen LogP contribution in [0, 0.1) is 0 Å². The van der Waals surface area contributed by atoms with Crippen LogP contribution in [0.5, 0.6) is 0 Å². The molecule has 1 aromatic rings. The molecule has 3 heteroatoms.